The van der Waals surface area contributed by atoms with Crippen LogP contribution in [0.4, 0.5) is 10.3 Å². The number of nitrogen functional groups attached to an aromatic ring is 1. The molecule has 0 saturated carbocycles. The summed E-state index contributed by atoms with van der Waals surface area (Å²) >= 11 is 0. The normalized spacial score (nSPS) is 10.2. The van der Waals surface area contributed by atoms with Gasteiger partial charge in [0, 0.05) is 11.6 Å². The minimum Gasteiger partial charge on any atom is -0.369 e. The third kappa shape index (κ3) is 1.85. The van der Waals surface area contributed by atoms with Crippen LogP contribution in [-0.4, -0.2) is 9.97 Å². The summed E-state index contributed by atoms with van der Waals surface area (Å²) in [5.74, 6) is -0.462. The van der Waals surface area contributed by atoms with Gasteiger partial charge in [-0.1, -0.05) is 12.1 Å². The second kappa shape index (κ2) is 3.53. The molecule has 1 aromatic carbocycles. The molecule has 0 aliphatic heterocycles. The molecular formula is C10H8FN3O. The van der Waals surface area contributed by atoms with Crippen molar-refractivity contribution in [3.8, 4) is 11.3 Å². The van der Waals surface area contributed by atoms with Crippen LogP contribution >= 0.6 is 0 Å². The van der Waals surface area contributed by atoms with E-state index in [1.807, 2.05) is 0 Å². The number of H-pyrrole nitrogens is 1. The van der Waals surface area contributed by atoms with Crippen molar-refractivity contribution in [1.29, 1.82) is 0 Å². The van der Waals surface area contributed by atoms with Crippen LogP contribution in [0.15, 0.2) is 35.1 Å². The van der Waals surface area contributed by atoms with E-state index in [4.69, 9.17) is 5.73 Å². The zero-order chi connectivity index (χ0) is 10.8. The number of anilines is 1. The third-order valence-corrected chi connectivity index (χ3v) is 1.91. The highest BCUT2D eigenvalue weighted by Gasteiger charge is 2.06. The molecule has 0 unspecified atom stereocenters. The number of benzene rings is 1. The summed E-state index contributed by atoms with van der Waals surface area (Å²) in [5, 5.41) is 0. The fourth-order valence-corrected chi connectivity index (χ4v) is 1.28. The van der Waals surface area contributed by atoms with Crippen molar-refractivity contribution >= 4 is 5.95 Å². The van der Waals surface area contributed by atoms with Crippen LogP contribution in [0.5, 0.6) is 0 Å². The molecule has 4 nitrogen and oxygen atoms in total. The number of rotatable bonds is 1. The van der Waals surface area contributed by atoms with Crippen LogP contribution in [0.3, 0.4) is 0 Å². The third-order valence-electron chi connectivity index (χ3n) is 1.91. The van der Waals surface area contributed by atoms with Gasteiger partial charge in [0.25, 0.3) is 5.56 Å². The first-order chi connectivity index (χ1) is 7.16. The topological polar surface area (TPSA) is 71.8 Å². The van der Waals surface area contributed by atoms with E-state index in [0.29, 0.717) is 0 Å². The molecule has 76 valence electrons. The van der Waals surface area contributed by atoms with Crippen molar-refractivity contribution in [3.63, 3.8) is 0 Å². The summed E-state index contributed by atoms with van der Waals surface area (Å²) in [7, 11) is 0. The van der Waals surface area contributed by atoms with E-state index in [2.05, 4.69) is 9.97 Å². The van der Waals surface area contributed by atoms with E-state index in [-0.39, 0.29) is 17.2 Å². The minimum atomic E-state index is -0.435. The molecule has 0 saturated heterocycles. The highest BCUT2D eigenvalue weighted by Crippen LogP contribution is 2.18. The van der Waals surface area contributed by atoms with Crippen molar-refractivity contribution in [2.75, 3.05) is 5.73 Å². The van der Waals surface area contributed by atoms with E-state index in [0.717, 1.165) is 0 Å². The first-order valence-electron chi connectivity index (χ1n) is 4.28. The van der Waals surface area contributed by atoms with Crippen molar-refractivity contribution in [2.45, 2.75) is 0 Å². The molecule has 15 heavy (non-hydrogen) atoms. The number of nitrogens with one attached hydrogen (secondary N) is 1. The van der Waals surface area contributed by atoms with Gasteiger partial charge in [-0.15, -0.1) is 0 Å². The molecule has 5 heteroatoms. The number of aromatic nitrogens is 2. The van der Waals surface area contributed by atoms with E-state index < -0.39 is 11.4 Å². The highest BCUT2D eigenvalue weighted by molar-refractivity contribution is 5.60. The lowest BCUT2D eigenvalue weighted by molar-refractivity contribution is 0.630. The smallest absolute Gasteiger partial charge is 0.252 e. The minimum absolute atomic E-state index is 0.0271. The van der Waals surface area contributed by atoms with Gasteiger partial charge < -0.3 is 5.73 Å². The van der Waals surface area contributed by atoms with Crippen LogP contribution in [0, 0.1) is 5.82 Å². The summed E-state index contributed by atoms with van der Waals surface area (Å²) in [4.78, 5) is 17.2. The first kappa shape index (κ1) is 9.39. The number of nitrogens with zero attached hydrogens (tertiary/aromatic N) is 1. The molecule has 0 aliphatic rings. The zero-order valence-corrected chi connectivity index (χ0v) is 7.70. The van der Waals surface area contributed by atoms with Crippen LogP contribution in [0.25, 0.3) is 11.3 Å². The quantitative estimate of drug-likeness (QED) is 0.733. The molecule has 2 aromatic rings. The maximum Gasteiger partial charge on any atom is 0.252 e. The first-order valence-corrected chi connectivity index (χ1v) is 4.28. The summed E-state index contributed by atoms with van der Waals surface area (Å²) in [5.41, 5.74) is 5.45. The molecule has 3 N–H and O–H groups in total. The standard InChI is InChI=1S/C10H8FN3O/c11-7-4-2-1-3-6(7)8-5-9(15)14-10(12)13-8/h1-5H,(H3,12,13,14,15). The Balaban J connectivity index is 2.64. The summed E-state index contributed by atoms with van der Waals surface area (Å²) in [6.07, 6.45) is 0. The summed E-state index contributed by atoms with van der Waals surface area (Å²) in [6.45, 7) is 0. The van der Waals surface area contributed by atoms with E-state index in [1.54, 1.807) is 12.1 Å². The molecule has 2 rings (SSSR count). The Morgan fingerprint density at radius 1 is 1.33 bits per heavy atom. The molecule has 0 spiro atoms. The second-order valence-corrected chi connectivity index (χ2v) is 3.00. The number of halogens is 1. The van der Waals surface area contributed by atoms with Crippen LogP contribution in [-0.2, 0) is 0 Å². The Bertz CT molecular complexity index is 550. The lowest BCUT2D eigenvalue weighted by Gasteiger charge is -2.02. The number of hydrogen-bond acceptors (Lipinski definition) is 3. The van der Waals surface area contributed by atoms with E-state index in [9.17, 15) is 9.18 Å². The fraction of sp³-hybridized carbons (Fsp3) is 0. The Labute approximate surface area is 84.6 Å². The van der Waals surface area contributed by atoms with Gasteiger partial charge in [0.15, 0.2) is 0 Å². The maximum atomic E-state index is 13.3. The van der Waals surface area contributed by atoms with Crippen LogP contribution in [0.2, 0.25) is 0 Å². The van der Waals surface area contributed by atoms with Gasteiger partial charge in [-0.05, 0) is 12.1 Å². The lowest BCUT2D eigenvalue weighted by atomic mass is 10.1. The Kier molecular flexibility index (Phi) is 2.21. The molecule has 0 atom stereocenters. The zero-order valence-electron chi connectivity index (χ0n) is 7.70. The fourth-order valence-electron chi connectivity index (χ4n) is 1.28. The van der Waals surface area contributed by atoms with E-state index in [1.165, 1.54) is 18.2 Å². The van der Waals surface area contributed by atoms with Gasteiger partial charge in [-0.3, -0.25) is 9.78 Å². The average Bonchev–Trinajstić information content (AvgIpc) is 2.16. The molecule has 0 radical (unpaired) electrons. The molecule has 1 aromatic heterocycles. The van der Waals surface area contributed by atoms with E-state index >= 15 is 0 Å². The van der Waals surface area contributed by atoms with Crippen molar-refractivity contribution in [2.24, 2.45) is 0 Å². The number of aromatic amines is 1. The Morgan fingerprint density at radius 2 is 2.07 bits per heavy atom. The predicted molar refractivity (Wildman–Crippen MR) is 54.7 cm³/mol. The van der Waals surface area contributed by atoms with Gasteiger partial charge in [0.05, 0.1) is 5.69 Å². The van der Waals surface area contributed by atoms with Gasteiger partial charge in [-0.2, -0.15) is 0 Å². The number of hydrogen-bond donors (Lipinski definition) is 2. The molecular weight excluding hydrogens is 197 g/mol. The highest BCUT2D eigenvalue weighted by atomic mass is 19.1. The van der Waals surface area contributed by atoms with Crippen molar-refractivity contribution < 1.29 is 4.39 Å². The maximum absolute atomic E-state index is 13.3. The van der Waals surface area contributed by atoms with Crippen molar-refractivity contribution in [3.05, 3.63) is 46.5 Å². The predicted octanol–water partition coefficient (Wildman–Crippen LogP) is 1.16. The van der Waals surface area contributed by atoms with Gasteiger partial charge in [0.2, 0.25) is 5.95 Å². The molecule has 1 heterocycles. The number of nitrogens with two attached hydrogens (primary N) is 1. The monoisotopic (exact) mass is 205 g/mol. The Hall–Kier alpha value is -2.17. The summed E-state index contributed by atoms with van der Waals surface area (Å²) in [6, 6.07) is 7.27. The SMILES string of the molecule is Nc1nc(-c2ccccc2F)cc(=O)[nH]1. The molecule has 0 bridgehead atoms. The molecule has 0 aliphatic carbocycles. The van der Waals surface area contributed by atoms with Crippen molar-refractivity contribution in [1.82, 2.24) is 9.97 Å². The molecule has 0 amide bonds. The van der Waals surface area contributed by atoms with Crippen LogP contribution < -0.4 is 11.3 Å². The second-order valence-electron chi connectivity index (χ2n) is 3.00. The van der Waals surface area contributed by atoms with Gasteiger partial charge in [0.1, 0.15) is 5.82 Å². The largest absolute Gasteiger partial charge is 0.369 e. The van der Waals surface area contributed by atoms with Gasteiger partial charge in [-0.25, -0.2) is 9.37 Å². The average molecular weight is 205 g/mol. The molecule has 0 fully saturated rings. The van der Waals surface area contributed by atoms with Gasteiger partial charge >= 0.3 is 0 Å². The lowest BCUT2D eigenvalue weighted by Crippen LogP contribution is -2.10. The Morgan fingerprint density at radius 3 is 2.73 bits per heavy atom. The van der Waals surface area contributed by atoms with Crippen LogP contribution in [0.1, 0.15) is 0 Å². The summed E-state index contributed by atoms with van der Waals surface area (Å²) < 4.78 is 13.3.